The number of nitro groups is 1. The van der Waals surface area contributed by atoms with E-state index in [-0.39, 0.29) is 5.69 Å². The molecule has 18 heavy (non-hydrogen) atoms. The Morgan fingerprint density at radius 3 is 2.61 bits per heavy atom. The molecule has 1 atom stereocenters. The van der Waals surface area contributed by atoms with Crippen LogP contribution in [0, 0.1) is 16.0 Å². The second-order valence-corrected chi connectivity index (χ2v) is 5.84. The summed E-state index contributed by atoms with van der Waals surface area (Å²) >= 11 is 1.77. The number of anilines is 1. The Kier molecular flexibility index (Phi) is 5.43. The molecule has 0 heterocycles. The van der Waals surface area contributed by atoms with E-state index in [2.05, 4.69) is 26.2 Å². The minimum atomic E-state index is -0.421. The van der Waals surface area contributed by atoms with Gasteiger partial charge >= 0.3 is 0 Å². The highest BCUT2D eigenvalue weighted by atomic mass is 32.2. The minimum absolute atomic E-state index is 0.0211. The molecule has 0 amide bonds. The molecule has 0 aliphatic carbocycles. The quantitative estimate of drug-likeness (QED) is 0.471. The summed E-state index contributed by atoms with van der Waals surface area (Å²) in [6, 6.07) is 5.01. The molecule has 100 valence electrons. The van der Waals surface area contributed by atoms with E-state index in [0.29, 0.717) is 22.6 Å². The topological polar surface area (TPSA) is 81.2 Å². The molecule has 1 unspecified atom stereocenters. The number of thioether (sulfide) groups is 1. The number of nitrogens with one attached hydrogen (secondary N) is 1. The normalized spacial score (nSPS) is 12.5. The number of benzene rings is 1. The Hall–Kier alpha value is -1.27. The Morgan fingerprint density at radius 2 is 2.11 bits per heavy atom. The first-order valence-electron chi connectivity index (χ1n) is 5.81. The summed E-state index contributed by atoms with van der Waals surface area (Å²) < 4.78 is 0. The highest BCUT2D eigenvalue weighted by molar-refractivity contribution is 7.99. The number of nitrogen functional groups attached to an aromatic ring is 1. The fourth-order valence-electron chi connectivity index (χ4n) is 1.44. The van der Waals surface area contributed by atoms with Crippen molar-refractivity contribution in [3.8, 4) is 0 Å². The van der Waals surface area contributed by atoms with Crippen molar-refractivity contribution >= 4 is 23.1 Å². The average Bonchev–Trinajstić information content (AvgIpc) is 2.34. The van der Waals surface area contributed by atoms with Crippen molar-refractivity contribution in [2.45, 2.75) is 31.8 Å². The van der Waals surface area contributed by atoms with Crippen molar-refractivity contribution in [1.82, 2.24) is 0 Å². The van der Waals surface area contributed by atoms with Crippen LogP contribution >= 0.6 is 11.8 Å². The van der Waals surface area contributed by atoms with Gasteiger partial charge in [0.1, 0.15) is 5.69 Å². The third kappa shape index (κ3) is 3.61. The number of hydrogen-bond donors (Lipinski definition) is 2. The SMILES string of the molecule is CC(C)C(C)SCc1cccc([N+](=O)[O-])c1NN. The van der Waals surface area contributed by atoms with Gasteiger partial charge in [-0.3, -0.25) is 16.0 Å². The summed E-state index contributed by atoms with van der Waals surface area (Å²) in [5, 5.41) is 11.4. The predicted molar refractivity (Wildman–Crippen MR) is 76.5 cm³/mol. The van der Waals surface area contributed by atoms with E-state index in [1.54, 1.807) is 17.8 Å². The van der Waals surface area contributed by atoms with Crippen LogP contribution in [0.3, 0.4) is 0 Å². The molecule has 3 N–H and O–H groups in total. The van der Waals surface area contributed by atoms with Crippen LogP contribution in [-0.2, 0) is 5.75 Å². The van der Waals surface area contributed by atoms with Gasteiger partial charge in [-0.2, -0.15) is 11.8 Å². The number of hydrazine groups is 1. The number of nitrogens with zero attached hydrogens (tertiary/aromatic N) is 1. The maximum absolute atomic E-state index is 10.9. The molecule has 1 aromatic carbocycles. The van der Waals surface area contributed by atoms with Gasteiger partial charge in [0.15, 0.2) is 0 Å². The molecule has 1 rings (SSSR count). The third-order valence-corrected chi connectivity index (χ3v) is 4.46. The van der Waals surface area contributed by atoms with Crippen molar-refractivity contribution in [3.05, 3.63) is 33.9 Å². The lowest BCUT2D eigenvalue weighted by Gasteiger charge is -2.16. The third-order valence-electron chi connectivity index (χ3n) is 2.91. The van der Waals surface area contributed by atoms with Crippen molar-refractivity contribution in [3.63, 3.8) is 0 Å². The first-order chi connectivity index (χ1) is 8.47. The molecule has 0 fully saturated rings. The monoisotopic (exact) mass is 269 g/mol. The summed E-state index contributed by atoms with van der Waals surface area (Å²) in [5.74, 6) is 6.67. The molecule has 0 saturated carbocycles. The van der Waals surface area contributed by atoms with Gasteiger partial charge in [0.05, 0.1) is 4.92 Å². The molecule has 0 aliphatic heterocycles. The molecular weight excluding hydrogens is 250 g/mol. The van der Waals surface area contributed by atoms with Crippen LogP contribution in [0.25, 0.3) is 0 Å². The molecule has 5 nitrogen and oxygen atoms in total. The van der Waals surface area contributed by atoms with Crippen molar-refractivity contribution in [2.75, 3.05) is 5.43 Å². The molecule has 0 spiro atoms. The number of rotatable bonds is 6. The highest BCUT2D eigenvalue weighted by Crippen LogP contribution is 2.32. The predicted octanol–water partition coefficient (Wildman–Crippen LogP) is 3.16. The van der Waals surface area contributed by atoms with Crippen molar-refractivity contribution in [2.24, 2.45) is 11.8 Å². The Morgan fingerprint density at radius 1 is 1.44 bits per heavy atom. The largest absolute Gasteiger partial charge is 0.318 e. The number of nitrogens with two attached hydrogens (primary N) is 1. The summed E-state index contributed by atoms with van der Waals surface area (Å²) in [7, 11) is 0. The molecule has 0 radical (unpaired) electrons. The average molecular weight is 269 g/mol. The van der Waals surface area contributed by atoms with Gasteiger partial charge in [0, 0.05) is 17.1 Å². The summed E-state index contributed by atoms with van der Waals surface area (Å²) in [5.41, 5.74) is 3.74. The van der Waals surface area contributed by atoms with E-state index >= 15 is 0 Å². The van der Waals surface area contributed by atoms with E-state index in [0.717, 1.165) is 5.56 Å². The first kappa shape index (κ1) is 14.8. The fourth-order valence-corrected chi connectivity index (χ4v) is 2.51. The van der Waals surface area contributed by atoms with Gasteiger partial charge in [0.25, 0.3) is 5.69 Å². The van der Waals surface area contributed by atoms with E-state index in [1.165, 1.54) is 6.07 Å². The summed E-state index contributed by atoms with van der Waals surface area (Å²) in [6.07, 6.45) is 0. The standard InChI is InChI=1S/C12H19N3O2S/c1-8(2)9(3)18-7-10-5-4-6-11(15(16)17)12(10)14-13/h4-6,8-9,14H,7,13H2,1-3H3. The van der Waals surface area contributed by atoms with Crippen LogP contribution in [0.2, 0.25) is 0 Å². The Labute approximate surface area is 111 Å². The van der Waals surface area contributed by atoms with Gasteiger partial charge in [-0.05, 0) is 11.5 Å². The molecular formula is C12H19N3O2S. The zero-order chi connectivity index (χ0) is 13.7. The van der Waals surface area contributed by atoms with Gasteiger partial charge in [-0.15, -0.1) is 0 Å². The number of nitro benzene ring substituents is 1. The van der Waals surface area contributed by atoms with Crippen molar-refractivity contribution < 1.29 is 4.92 Å². The molecule has 1 aromatic rings. The van der Waals surface area contributed by atoms with E-state index < -0.39 is 4.92 Å². The zero-order valence-corrected chi connectivity index (χ0v) is 11.7. The molecule has 0 bridgehead atoms. The zero-order valence-electron chi connectivity index (χ0n) is 10.8. The van der Waals surface area contributed by atoms with Crippen LogP contribution in [0.4, 0.5) is 11.4 Å². The lowest BCUT2D eigenvalue weighted by atomic mass is 10.1. The first-order valence-corrected chi connectivity index (χ1v) is 6.86. The van der Waals surface area contributed by atoms with E-state index in [4.69, 9.17) is 5.84 Å². The summed E-state index contributed by atoms with van der Waals surface area (Å²) in [4.78, 5) is 10.5. The maximum Gasteiger partial charge on any atom is 0.293 e. The lowest BCUT2D eigenvalue weighted by molar-refractivity contribution is -0.384. The van der Waals surface area contributed by atoms with Crippen LogP contribution in [0.5, 0.6) is 0 Å². The number of hydrogen-bond acceptors (Lipinski definition) is 5. The van der Waals surface area contributed by atoms with Crippen molar-refractivity contribution in [1.29, 1.82) is 0 Å². The second-order valence-electron chi connectivity index (χ2n) is 4.47. The molecule has 0 aromatic heterocycles. The molecule has 6 heteroatoms. The highest BCUT2D eigenvalue weighted by Gasteiger charge is 2.17. The van der Waals surface area contributed by atoms with Gasteiger partial charge in [0.2, 0.25) is 0 Å². The number of para-hydroxylation sites is 1. The molecule has 0 saturated heterocycles. The van der Waals surface area contributed by atoms with Gasteiger partial charge in [-0.25, -0.2) is 0 Å². The Bertz CT molecular complexity index is 424. The van der Waals surface area contributed by atoms with Gasteiger partial charge in [-0.1, -0.05) is 32.9 Å². The van der Waals surface area contributed by atoms with Crippen LogP contribution in [-0.4, -0.2) is 10.2 Å². The van der Waals surface area contributed by atoms with Crippen LogP contribution in [0.15, 0.2) is 18.2 Å². The second kappa shape index (κ2) is 6.61. The van der Waals surface area contributed by atoms with Crippen LogP contribution in [0.1, 0.15) is 26.3 Å². The smallest absolute Gasteiger partial charge is 0.293 e. The maximum atomic E-state index is 10.9. The van der Waals surface area contributed by atoms with Gasteiger partial charge < -0.3 is 5.43 Å². The molecule has 0 aliphatic rings. The van der Waals surface area contributed by atoms with E-state index in [9.17, 15) is 10.1 Å². The minimum Gasteiger partial charge on any atom is -0.318 e. The summed E-state index contributed by atoms with van der Waals surface area (Å²) in [6.45, 7) is 6.47. The van der Waals surface area contributed by atoms with Crippen LogP contribution < -0.4 is 11.3 Å². The van der Waals surface area contributed by atoms with E-state index in [1.807, 2.05) is 6.07 Å². The fraction of sp³-hybridized carbons (Fsp3) is 0.500. The lowest BCUT2D eigenvalue weighted by Crippen LogP contribution is -2.12. The Balaban J connectivity index is 2.89.